The van der Waals surface area contributed by atoms with Crippen LogP contribution in [0.1, 0.15) is 17.4 Å². The number of carbonyl (C=O) groups is 1. The molecule has 2 aromatic rings. The molecule has 0 radical (unpaired) electrons. The number of nitro groups is 1. The molecule has 0 aliphatic heterocycles. The average Bonchev–Trinajstić information content (AvgIpc) is 2.39. The van der Waals surface area contributed by atoms with Gasteiger partial charge in [0.25, 0.3) is 0 Å². The Bertz CT molecular complexity index is 623. The number of pyridine rings is 1. The van der Waals surface area contributed by atoms with E-state index < -0.39 is 4.92 Å². The van der Waals surface area contributed by atoms with Crippen LogP contribution in [0.3, 0.4) is 0 Å². The second-order valence-corrected chi connectivity index (χ2v) is 3.76. The maximum atomic E-state index is 11.1. The van der Waals surface area contributed by atoms with Gasteiger partial charge in [-0.3, -0.25) is 14.9 Å². The molecule has 0 aliphatic carbocycles. The number of carbonyl (C=O) groups excluding carboxylic acids is 1. The lowest BCUT2D eigenvalue weighted by Crippen LogP contribution is -1.97. The van der Waals surface area contributed by atoms with Crippen LogP contribution in [0.25, 0.3) is 0 Å². The highest BCUT2D eigenvalue weighted by molar-refractivity contribution is 5.92. The molecule has 1 aromatic heterocycles. The van der Waals surface area contributed by atoms with Crippen LogP contribution in [-0.2, 0) is 0 Å². The van der Waals surface area contributed by atoms with E-state index in [1.165, 1.54) is 31.3 Å². The maximum Gasteiger partial charge on any atom is 0.311 e. The highest BCUT2D eigenvalue weighted by atomic mass is 16.6. The smallest absolute Gasteiger partial charge is 0.311 e. The van der Waals surface area contributed by atoms with Crippen LogP contribution in [0.2, 0.25) is 0 Å². The number of hydrogen-bond donors (Lipinski definition) is 0. The van der Waals surface area contributed by atoms with E-state index in [4.69, 9.17) is 4.74 Å². The summed E-state index contributed by atoms with van der Waals surface area (Å²) in [4.78, 5) is 25.3. The Labute approximate surface area is 108 Å². The molecule has 96 valence electrons. The fraction of sp³-hybridized carbons (Fsp3) is 0.0769. The Kier molecular flexibility index (Phi) is 3.51. The van der Waals surface area contributed by atoms with E-state index in [2.05, 4.69) is 4.98 Å². The zero-order valence-corrected chi connectivity index (χ0v) is 10.1. The molecule has 0 saturated heterocycles. The monoisotopic (exact) mass is 258 g/mol. The zero-order valence-electron chi connectivity index (χ0n) is 10.1. The molecular formula is C13H10N2O4. The molecule has 0 saturated carbocycles. The number of rotatable bonds is 4. The Hall–Kier alpha value is -2.76. The first-order chi connectivity index (χ1) is 9.08. The fourth-order valence-electron chi connectivity index (χ4n) is 1.47. The van der Waals surface area contributed by atoms with Gasteiger partial charge < -0.3 is 4.74 Å². The highest BCUT2D eigenvalue weighted by Crippen LogP contribution is 2.30. The van der Waals surface area contributed by atoms with Gasteiger partial charge in [-0.05, 0) is 18.2 Å². The predicted molar refractivity (Wildman–Crippen MR) is 67.4 cm³/mol. The van der Waals surface area contributed by atoms with Gasteiger partial charge >= 0.3 is 5.69 Å². The molecule has 0 atom stereocenters. The van der Waals surface area contributed by atoms with Crippen molar-refractivity contribution >= 4 is 11.5 Å². The summed E-state index contributed by atoms with van der Waals surface area (Å²) in [7, 11) is 0. The van der Waals surface area contributed by atoms with Crippen LogP contribution >= 0.6 is 0 Å². The number of ketones is 1. The minimum atomic E-state index is -0.521. The van der Waals surface area contributed by atoms with Gasteiger partial charge in [-0.15, -0.1) is 0 Å². The van der Waals surface area contributed by atoms with E-state index in [9.17, 15) is 14.9 Å². The Morgan fingerprint density at radius 2 is 2.00 bits per heavy atom. The van der Waals surface area contributed by atoms with Gasteiger partial charge in [0.15, 0.2) is 5.78 Å². The van der Waals surface area contributed by atoms with Crippen LogP contribution in [0.15, 0.2) is 42.6 Å². The zero-order chi connectivity index (χ0) is 13.8. The first kappa shape index (κ1) is 12.7. The molecule has 1 aromatic carbocycles. The lowest BCUT2D eigenvalue weighted by atomic mass is 10.2. The topological polar surface area (TPSA) is 82.3 Å². The molecule has 0 unspecified atom stereocenters. The Morgan fingerprint density at radius 1 is 1.26 bits per heavy atom. The van der Waals surface area contributed by atoms with E-state index in [-0.39, 0.29) is 17.2 Å². The number of ether oxygens (including phenoxy) is 1. The van der Waals surface area contributed by atoms with Gasteiger partial charge in [0.2, 0.25) is 5.75 Å². The SMILES string of the molecule is CC(=O)c1ccc(Oc2ccccc2[N+](=O)[O-])cn1. The van der Waals surface area contributed by atoms with Gasteiger partial charge in [0.05, 0.1) is 11.1 Å². The van der Waals surface area contributed by atoms with Crippen molar-refractivity contribution in [2.75, 3.05) is 0 Å². The third kappa shape index (κ3) is 2.92. The van der Waals surface area contributed by atoms with Crippen LogP contribution in [0.5, 0.6) is 11.5 Å². The van der Waals surface area contributed by atoms with Crippen LogP contribution in [0.4, 0.5) is 5.69 Å². The van der Waals surface area contributed by atoms with E-state index >= 15 is 0 Å². The van der Waals surface area contributed by atoms with Gasteiger partial charge in [0, 0.05) is 13.0 Å². The summed E-state index contributed by atoms with van der Waals surface area (Å²) in [6.45, 7) is 1.41. The number of benzene rings is 1. The highest BCUT2D eigenvalue weighted by Gasteiger charge is 2.14. The van der Waals surface area contributed by atoms with Crippen molar-refractivity contribution in [2.24, 2.45) is 0 Å². The summed E-state index contributed by atoms with van der Waals surface area (Å²) >= 11 is 0. The predicted octanol–water partition coefficient (Wildman–Crippen LogP) is 2.98. The number of para-hydroxylation sites is 2. The van der Waals surface area contributed by atoms with Gasteiger partial charge in [-0.2, -0.15) is 0 Å². The molecule has 0 fully saturated rings. The van der Waals surface area contributed by atoms with Gasteiger partial charge in [-0.1, -0.05) is 12.1 Å². The molecular weight excluding hydrogens is 248 g/mol. The minimum absolute atomic E-state index is 0.127. The molecule has 0 spiro atoms. The number of nitrogens with zero attached hydrogens (tertiary/aromatic N) is 2. The molecule has 1 heterocycles. The standard InChI is InChI=1S/C13H10N2O4/c1-9(16)11-7-6-10(8-14-11)19-13-5-3-2-4-12(13)15(17)18/h2-8H,1H3. The first-order valence-corrected chi connectivity index (χ1v) is 5.46. The number of Topliss-reactive ketones (excluding diaryl/α,β-unsaturated/α-hetero) is 1. The maximum absolute atomic E-state index is 11.1. The molecule has 0 amide bonds. The van der Waals surface area contributed by atoms with Gasteiger partial charge in [-0.25, -0.2) is 4.98 Å². The van der Waals surface area contributed by atoms with E-state index in [0.29, 0.717) is 11.4 Å². The average molecular weight is 258 g/mol. The van der Waals surface area contributed by atoms with Crippen LogP contribution < -0.4 is 4.74 Å². The molecule has 0 bridgehead atoms. The minimum Gasteiger partial charge on any atom is -0.449 e. The second kappa shape index (κ2) is 5.26. The third-order valence-corrected chi connectivity index (χ3v) is 2.39. The van der Waals surface area contributed by atoms with Crippen molar-refractivity contribution in [3.05, 3.63) is 58.4 Å². The quantitative estimate of drug-likeness (QED) is 0.478. The lowest BCUT2D eigenvalue weighted by molar-refractivity contribution is -0.385. The summed E-state index contributed by atoms with van der Waals surface area (Å²) in [6.07, 6.45) is 1.35. The van der Waals surface area contributed by atoms with Crippen LogP contribution in [-0.4, -0.2) is 15.7 Å². The molecule has 19 heavy (non-hydrogen) atoms. The van der Waals surface area contributed by atoms with E-state index in [0.717, 1.165) is 0 Å². The van der Waals surface area contributed by atoms with Crippen molar-refractivity contribution in [3.8, 4) is 11.5 Å². The van der Waals surface area contributed by atoms with Crippen molar-refractivity contribution in [2.45, 2.75) is 6.92 Å². The molecule has 0 aliphatic rings. The molecule has 0 N–H and O–H groups in total. The van der Waals surface area contributed by atoms with Crippen LogP contribution in [0, 0.1) is 10.1 Å². The molecule has 2 rings (SSSR count). The summed E-state index contributed by atoms with van der Waals surface area (Å²) in [6, 6.07) is 9.10. The largest absolute Gasteiger partial charge is 0.449 e. The van der Waals surface area contributed by atoms with Crippen molar-refractivity contribution in [1.82, 2.24) is 4.98 Å². The van der Waals surface area contributed by atoms with Gasteiger partial charge in [0.1, 0.15) is 11.4 Å². The summed E-state index contributed by atoms with van der Waals surface area (Å²) in [5, 5.41) is 10.8. The summed E-state index contributed by atoms with van der Waals surface area (Å²) in [5.41, 5.74) is 0.188. The Morgan fingerprint density at radius 3 is 2.58 bits per heavy atom. The van der Waals surface area contributed by atoms with Crippen molar-refractivity contribution < 1.29 is 14.5 Å². The fourth-order valence-corrected chi connectivity index (χ4v) is 1.47. The summed E-state index contributed by atoms with van der Waals surface area (Å²) in [5.74, 6) is 0.307. The third-order valence-electron chi connectivity index (χ3n) is 2.39. The molecule has 6 heteroatoms. The number of nitro benzene ring substituents is 1. The Balaban J connectivity index is 2.26. The first-order valence-electron chi connectivity index (χ1n) is 5.46. The van der Waals surface area contributed by atoms with E-state index in [1.807, 2.05) is 0 Å². The number of hydrogen-bond acceptors (Lipinski definition) is 5. The van der Waals surface area contributed by atoms with Crippen molar-refractivity contribution in [1.29, 1.82) is 0 Å². The normalized spacial score (nSPS) is 9.95. The summed E-state index contributed by atoms with van der Waals surface area (Å²) < 4.78 is 5.39. The molecule has 6 nitrogen and oxygen atoms in total. The van der Waals surface area contributed by atoms with E-state index in [1.54, 1.807) is 18.2 Å². The van der Waals surface area contributed by atoms with Crippen molar-refractivity contribution in [3.63, 3.8) is 0 Å². The second-order valence-electron chi connectivity index (χ2n) is 3.76. The number of aromatic nitrogens is 1. The lowest BCUT2D eigenvalue weighted by Gasteiger charge is -2.05.